The van der Waals surface area contributed by atoms with Crippen molar-refractivity contribution in [2.45, 2.75) is 71.8 Å². The number of esters is 1. The van der Waals surface area contributed by atoms with Gasteiger partial charge in [0.15, 0.2) is 14.1 Å². The molecule has 1 aliphatic heterocycles. The number of rotatable bonds is 5. The summed E-state index contributed by atoms with van der Waals surface area (Å²) in [6.45, 7) is 14.4. The number of hydrogen-bond acceptors (Lipinski definition) is 5. The molecule has 6 nitrogen and oxygen atoms in total. The Labute approximate surface area is 139 Å². The van der Waals surface area contributed by atoms with E-state index in [0.717, 1.165) is 24.5 Å². The van der Waals surface area contributed by atoms with Gasteiger partial charge in [-0.3, -0.25) is 4.79 Å². The van der Waals surface area contributed by atoms with Gasteiger partial charge < -0.3 is 13.7 Å². The van der Waals surface area contributed by atoms with Crippen LogP contribution in [-0.2, 0) is 33.5 Å². The largest absolute Gasteiger partial charge is 0.466 e. The summed E-state index contributed by atoms with van der Waals surface area (Å²) in [5.41, 5.74) is 0. The maximum atomic E-state index is 12.0. The van der Waals surface area contributed by atoms with E-state index in [1.165, 1.54) is 0 Å². The number of carbonyl (C=O) groups excluding carboxylic acids is 1. The molecule has 0 amide bonds. The summed E-state index contributed by atoms with van der Waals surface area (Å²) in [4.78, 5) is 12.0. The van der Waals surface area contributed by atoms with Crippen LogP contribution in [0.3, 0.4) is 0 Å². The Kier molecular flexibility index (Phi) is 5.30. The SMILES string of the molecule is CCOC(=O)C1CCc2nnc(CO[Si](C)(C)C(C)(C)C)n2C1. The van der Waals surface area contributed by atoms with Crippen molar-refractivity contribution >= 4 is 14.3 Å². The molecule has 1 atom stereocenters. The molecule has 23 heavy (non-hydrogen) atoms. The second kappa shape index (κ2) is 6.73. The van der Waals surface area contributed by atoms with Crippen LogP contribution in [-0.4, -0.2) is 35.7 Å². The molecular formula is C16H29N3O3Si. The van der Waals surface area contributed by atoms with Crippen molar-refractivity contribution in [1.29, 1.82) is 0 Å². The molecule has 0 saturated heterocycles. The first-order valence-corrected chi connectivity index (χ1v) is 11.3. The number of fused-ring (bicyclic) bond motifs is 1. The summed E-state index contributed by atoms with van der Waals surface area (Å²) in [5.74, 6) is 1.53. The number of carbonyl (C=O) groups is 1. The number of aromatic nitrogens is 3. The Morgan fingerprint density at radius 3 is 2.65 bits per heavy atom. The minimum atomic E-state index is -1.83. The number of hydrogen-bond donors (Lipinski definition) is 0. The highest BCUT2D eigenvalue weighted by Crippen LogP contribution is 2.37. The van der Waals surface area contributed by atoms with Gasteiger partial charge in [-0.15, -0.1) is 10.2 Å². The molecule has 0 aromatic carbocycles. The van der Waals surface area contributed by atoms with E-state index >= 15 is 0 Å². The average Bonchev–Trinajstić information content (AvgIpc) is 2.86. The normalized spacial score (nSPS) is 18.6. The summed E-state index contributed by atoms with van der Waals surface area (Å²) in [7, 11) is -1.83. The molecular weight excluding hydrogens is 310 g/mol. The first-order chi connectivity index (χ1) is 10.7. The van der Waals surface area contributed by atoms with Gasteiger partial charge in [0, 0.05) is 13.0 Å². The van der Waals surface area contributed by atoms with Crippen LogP contribution in [0.4, 0.5) is 0 Å². The van der Waals surface area contributed by atoms with E-state index in [9.17, 15) is 4.79 Å². The third-order valence-corrected chi connectivity index (χ3v) is 9.49. The zero-order valence-electron chi connectivity index (χ0n) is 15.2. The molecule has 0 spiro atoms. The second-order valence-corrected chi connectivity index (χ2v) is 12.5. The molecule has 0 radical (unpaired) electrons. The molecule has 0 bridgehead atoms. The summed E-state index contributed by atoms with van der Waals surface area (Å²) >= 11 is 0. The lowest BCUT2D eigenvalue weighted by molar-refractivity contribution is -0.149. The highest BCUT2D eigenvalue weighted by Gasteiger charge is 2.38. The Bertz CT molecular complexity index is 563. The van der Waals surface area contributed by atoms with Gasteiger partial charge >= 0.3 is 5.97 Å². The summed E-state index contributed by atoms with van der Waals surface area (Å²) < 4.78 is 13.4. The van der Waals surface area contributed by atoms with Crippen molar-refractivity contribution in [3.05, 3.63) is 11.6 Å². The molecule has 1 aliphatic rings. The van der Waals surface area contributed by atoms with Crippen molar-refractivity contribution in [2.24, 2.45) is 5.92 Å². The van der Waals surface area contributed by atoms with E-state index in [2.05, 4.69) is 44.1 Å². The van der Waals surface area contributed by atoms with E-state index in [1.54, 1.807) is 0 Å². The molecule has 0 aliphatic carbocycles. The Balaban J connectivity index is 2.07. The predicted octanol–water partition coefficient (Wildman–Crippen LogP) is 2.93. The maximum absolute atomic E-state index is 12.0. The van der Waals surface area contributed by atoms with Crippen LogP contribution in [0.25, 0.3) is 0 Å². The molecule has 0 N–H and O–H groups in total. The third-order valence-electron chi connectivity index (χ3n) is 5.01. The topological polar surface area (TPSA) is 66.2 Å². The van der Waals surface area contributed by atoms with Gasteiger partial charge in [-0.25, -0.2) is 0 Å². The lowest BCUT2D eigenvalue weighted by atomic mass is 9.99. The molecule has 0 fully saturated rings. The van der Waals surface area contributed by atoms with Crippen LogP contribution in [0.15, 0.2) is 0 Å². The zero-order valence-corrected chi connectivity index (χ0v) is 16.2. The number of nitrogens with zero attached hydrogens (tertiary/aromatic N) is 3. The third kappa shape index (κ3) is 4.01. The second-order valence-electron chi connectivity index (χ2n) is 7.68. The van der Waals surface area contributed by atoms with Crippen LogP contribution in [0.1, 0.15) is 45.8 Å². The van der Waals surface area contributed by atoms with Crippen molar-refractivity contribution in [2.75, 3.05) is 6.61 Å². The molecule has 1 aromatic heterocycles. The van der Waals surface area contributed by atoms with Crippen LogP contribution in [0, 0.1) is 5.92 Å². The Morgan fingerprint density at radius 1 is 1.35 bits per heavy atom. The van der Waals surface area contributed by atoms with Gasteiger partial charge in [-0.2, -0.15) is 0 Å². The zero-order chi connectivity index (χ0) is 17.3. The van der Waals surface area contributed by atoms with Gasteiger partial charge in [0.25, 0.3) is 0 Å². The van der Waals surface area contributed by atoms with Gasteiger partial charge in [-0.05, 0) is 31.5 Å². The van der Waals surface area contributed by atoms with Gasteiger partial charge in [-0.1, -0.05) is 20.8 Å². The first-order valence-electron chi connectivity index (χ1n) is 8.37. The van der Waals surface area contributed by atoms with Gasteiger partial charge in [0.05, 0.1) is 19.1 Å². The summed E-state index contributed by atoms with van der Waals surface area (Å²) in [6, 6.07) is 0. The fraction of sp³-hybridized carbons (Fsp3) is 0.812. The molecule has 2 heterocycles. The highest BCUT2D eigenvalue weighted by atomic mass is 28.4. The minimum Gasteiger partial charge on any atom is -0.466 e. The van der Waals surface area contributed by atoms with Crippen molar-refractivity contribution in [3.63, 3.8) is 0 Å². The quantitative estimate of drug-likeness (QED) is 0.609. The van der Waals surface area contributed by atoms with E-state index in [4.69, 9.17) is 9.16 Å². The van der Waals surface area contributed by atoms with E-state index in [-0.39, 0.29) is 16.9 Å². The average molecular weight is 340 g/mol. The van der Waals surface area contributed by atoms with Crippen LogP contribution in [0.5, 0.6) is 0 Å². The predicted molar refractivity (Wildman–Crippen MR) is 90.5 cm³/mol. The van der Waals surface area contributed by atoms with E-state index < -0.39 is 8.32 Å². The lowest BCUT2D eigenvalue weighted by Crippen LogP contribution is -2.41. The lowest BCUT2D eigenvalue weighted by Gasteiger charge is -2.36. The summed E-state index contributed by atoms with van der Waals surface area (Å²) in [5, 5.41) is 8.69. The van der Waals surface area contributed by atoms with Gasteiger partial charge in [0.1, 0.15) is 5.82 Å². The number of ether oxygens (including phenoxy) is 1. The fourth-order valence-corrected chi connectivity index (χ4v) is 3.33. The smallest absolute Gasteiger partial charge is 0.310 e. The number of aryl methyl sites for hydroxylation is 1. The molecule has 1 aromatic rings. The standard InChI is InChI=1S/C16H29N3O3Si/c1-7-21-15(20)12-8-9-13-17-18-14(19(13)10-12)11-22-23(5,6)16(2,3)4/h12H,7-11H2,1-6H3. The van der Waals surface area contributed by atoms with Crippen molar-refractivity contribution < 1.29 is 14.0 Å². The molecule has 1 unspecified atom stereocenters. The van der Waals surface area contributed by atoms with Crippen LogP contribution < -0.4 is 0 Å². The molecule has 130 valence electrons. The van der Waals surface area contributed by atoms with E-state index in [0.29, 0.717) is 19.8 Å². The Hall–Kier alpha value is -1.21. The van der Waals surface area contributed by atoms with E-state index in [1.807, 2.05) is 11.5 Å². The highest BCUT2D eigenvalue weighted by molar-refractivity contribution is 6.74. The molecule has 2 rings (SSSR count). The maximum Gasteiger partial charge on any atom is 0.310 e. The molecule has 0 saturated carbocycles. The fourth-order valence-electron chi connectivity index (χ4n) is 2.40. The van der Waals surface area contributed by atoms with Crippen molar-refractivity contribution in [1.82, 2.24) is 14.8 Å². The monoisotopic (exact) mass is 339 g/mol. The van der Waals surface area contributed by atoms with Crippen LogP contribution >= 0.6 is 0 Å². The Morgan fingerprint density at radius 2 is 2.04 bits per heavy atom. The minimum absolute atomic E-state index is 0.106. The molecule has 7 heteroatoms. The van der Waals surface area contributed by atoms with Gasteiger partial charge in [0.2, 0.25) is 0 Å². The summed E-state index contributed by atoms with van der Waals surface area (Å²) in [6.07, 6.45) is 1.54. The first kappa shape index (κ1) is 18.1. The van der Waals surface area contributed by atoms with Crippen LogP contribution in [0.2, 0.25) is 18.1 Å². The van der Waals surface area contributed by atoms with Crippen molar-refractivity contribution in [3.8, 4) is 0 Å².